The molecule has 0 fully saturated rings. The average Bonchev–Trinajstić information content (AvgIpc) is 3.11. The predicted octanol–water partition coefficient (Wildman–Crippen LogP) is 5.27. The molecular formula is C15H15Cl2N3S. The van der Waals surface area contributed by atoms with Crippen LogP contribution in [0.4, 0.5) is 0 Å². The van der Waals surface area contributed by atoms with Crippen molar-refractivity contribution in [1.29, 1.82) is 0 Å². The predicted molar refractivity (Wildman–Crippen MR) is 89.5 cm³/mol. The Hall–Kier alpha value is -1.10. The number of alkyl halides is 1. The SMILES string of the molecule is CCCC(c1cccs1)n1c(CCl)nc2cc(Cl)cnc21. The van der Waals surface area contributed by atoms with Gasteiger partial charge in [0.15, 0.2) is 5.65 Å². The van der Waals surface area contributed by atoms with E-state index in [9.17, 15) is 0 Å². The maximum absolute atomic E-state index is 6.11. The molecule has 0 aliphatic rings. The van der Waals surface area contributed by atoms with Gasteiger partial charge in [0.2, 0.25) is 0 Å². The molecule has 0 radical (unpaired) electrons. The fourth-order valence-electron chi connectivity index (χ4n) is 2.58. The second-order valence-corrected chi connectivity index (χ2v) is 6.53. The van der Waals surface area contributed by atoms with Crippen LogP contribution in [0.5, 0.6) is 0 Å². The summed E-state index contributed by atoms with van der Waals surface area (Å²) in [5, 5.41) is 2.69. The summed E-state index contributed by atoms with van der Waals surface area (Å²) >= 11 is 13.9. The van der Waals surface area contributed by atoms with E-state index < -0.39 is 0 Å². The lowest BCUT2D eigenvalue weighted by molar-refractivity contribution is 0.537. The van der Waals surface area contributed by atoms with Gasteiger partial charge in [-0.3, -0.25) is 0 Å². The molecule has 0 bridgehead atoms. The molecule has 110 valence electrons. The molecule has 6 heteroatoms. The minimum atomic E-state index is 0.224. The van der Waals surface area contributed by atoms with Gasteiger partial charge in [-0.05, 0) is 23.9 Å². The van der Waals surface area contributed by atoms with Crippen molar-refractivity contribution in [3.8, 4) is 0 Å². The summed E-state index contributed by atoms with van der Waals surface area (Å²) in [6, 6.07) is 6.30. The van der Waals surface area contributed by atoms with Gasteiger partial charge < -0.3 is 4.57 Å². The van der Waals surface area contributed by atoms with Gasteiger partial charge in [0.1, 0.15) is 11.3 Å². The Labute approximate surface area is 137 Å². The van der Waals surface area contributed by atoms with Crippen molar-refractivity contribution in [3.05, 3.63) is 45.5 Å². The van der Waals surface area contributed by atoms with Crippen LogP contribution in [0.25, 0.3) is 11.2 Å². The van der Waals surface area contributed by atoms with Gasteiger partial charge in [0, 0.05) is 11.1 Å². The quantitative estimate of drug-likeness (QED) is 0.592. The molecule has 3 aromatic rings. The van der Waals surface area contributed by atoms with Crippen LogP contribution in [0.2, 0.25) is 5.02 Å². The Morgan fingerprint density at radius 1 is 1.43 bits per heavy atom. The van der Waals surface area contributed by atoms with Crippen LogP contribution in [0.3, 0.4) is 0 Å². The Morgan fingerprint density at radius 3 is 2.95 bits per heavy atom. The molecule has 0 N–H and O–H groups in total. The number of pyridine rings is 1. The number of aromatic nitrogens is 3. The first-order valence-electron chi connectivity index (χ1n) is 6.86. The Bertz CT molecular complexity index is 737. The van der Waals surface area contributed by atoms with E-state index >= 15 is 0 Å². The zero-order chi connectivity index (χ0) is 14.8. The van der Waals surface area contributed by atoms with E-state index in [1.807, 2.05) is 6.07 Å². The fraction of sp³-hybridized carbons (Fsp3) is 0.333. The number of imidazole rings is 1. The molecule has 3 heterocycles. The molecule has 0 spiro atoms. The summed E-state index contributed by atoms with van der Waals surface area (Å²) in [6.45, 7) is 2.18. The molecule has 0 aliphatic heterocycles. The van der Waals surface area contributed by atoms with E-state index in [1.165, 1.54) is 4.88 Å². The van der Waals surface area contributed by atoms with Crippen molar-refractivity contribution < 1.29 is 0 Å². The van der Waals surface area contributed by atoms with Gasteiger partial charge in [0.25, 0.3) is 0 Å². The number of halogens is 2. The van der Waals surface area contributed by atoms with Crippen LogP contribution in [0.15, 0.2) is 29.8 Å². The van der Waals surface area contributed by atoms with Crippen LogP contribution < -0.4 is 0 Å². The molecule has 1 unspecified atom stereocenters. The highest BCUT2D eigenvalue weighted by Crippen LogP contribution is 2.32. The lowest BCUT2D eigenvalue weighted by atomic mass is 10.1. The van der Waals surface area contributed by atoms with E-state index in [4.69, 9.17) is 23.2 Å². The summed E-state index contributed by atoms with van der Waals surface area (Å²) < 4.78 is 2.16. The van der Waals surface area contributed by atoms with Crippen LogP contribution in [0.1, 0.15) is 36.5 Å². The first-order chi connectivity index (χ1) is 10.2. The summed E-state index contributed by atoms with van der Waals surface area (Å²) in [5.74, 6) is 1.20. The van der Waals surface area contributed by atoms with E-state index in [-0.39, 0.29) is 6.04 Å². The Kier molecular flexibility index (Phi) is 4.48. The molecule has 0 amide bonds. The maximum atomic E-state index is 6.11. The first kappa shape index (κ1) is 14.8. The highest BCUT2D eigenvalue weighted by atomic mass is 35.5. The zero-order valence-corrected chi connectivity index (χ0v) is 13.9. The van der Waals surface area contributed by atoms with Gasteiger partial charge in [-0.25, -0.2) is 9.97 Å². The van der Waals surface area contributed by atoms with Gasteiger partial charge in [-0.1, -0.05) is 31.0 Å². The van der Waals surface area contributed by atoms with Gasteiger partial charge in [-0.15, -0.1) is 22.9 Å². The fourth-order valence-corrected chi connectivity index (χ4v) is 3.77. The van der Waals surface area contributed by atoms with Crippen molar-refractivity contribution in [3.63, 3.8) is 0 Å². The van der Waals surface area contributed by atoms with E-state index in [0.717, 1.165) is 29.8 Å². The standard InChI is InChI=1S/C15H15Cl2N3S/c1-2-4-12(13-5-3-6-21-13)20-14(8-16)19-11-7-10(17)9-18-15(11)20/h3,5-7,9,12H,2,4,8H2,1H3. The molecule has 21 heavy (non-hydrogen) atoms. The van der Waals surface area contributed by atoms with E-state index in [1.54, 1.807) is 17.5 Å². The minimum Gasteiger partial charge on any atom is -0.303 e. The smallest absolute Gasteiger partial charge is 0.160 e. The molecule has 0 saturated heterocycles. The zero-order valence-electron chi connectivity index (χ0n) is 11.6. The molecule has 3 rings (SSSR count). The van der Waals surface area contributed by atoms with Crippen LogP contribution in [0, 0.1) is 0 Å². The van der Waals surface area contributed by atoms with Crippen molar-refractivity contribution in [1.82, 2.24) is 14.5 Å². The van der Waals surface area contributed by atoms with Gasteiger partial charge in [0.05, 0.1) is 16.9 Å². The minimum absolute atomic E-state index is 0.224. The number of hydrogen-bond donors (Lipinski definition) is 0. The van der Waals surface area contributed by atoms with E-state index in [0.29, 0.717) is 10.9 Å². The molecule has 0 aliphatic carbocycles. The van der Waals surface area contributed by atoms with E-state index in [2.05, 4.69) is 39.0 Å². The molecule has 3 aromatic heterocycles. The largest absolute Gasteiger partial charge is 0.303 e. The number of hydrogen-bond acceptors (Lipinski definition) is 3. The summed E-state index contributed by atoms with van der Waals surface area (Å²) in [7, 11) is 0. The molecule has 3 nitrogen and oxygen atoms in total. The number of fused-ring (bicyclic) bond motifs is 1. The maximum Gasteiger partial charge on any atom is 0.160 e. The lowest BCUT2D eigenvalue weighted by Gasteiger charge is -2.19. The summed E-state index contributed by atoms with van der Waals surface area (Å²) in [6.07, 6.45) is 3.77. The average molecular weight is 340 g/mol. The topological polar surface area (TPSA) is 30.7 Å². The monoisotopic (exact) mass is 339 g/mol. The highest BCUT2D eigenvalue weighted by Gasteiger charge is 2.21. The summed E-state index contributed by atoms with van der Waals surface area (Å²) in [4.78, 5) is 10.4. The first-order valence-corrected chi connectivity index (χ1v) is 8.65. The number of rotatable bonds is 5. The second kappa shape index (κ2) is 6.34. The molecule has 1 atom stereocenters. The van der Waals surface area contributed by atoms with Crippen LogP contribution >= 0.6 is 34.5 Å². The van der Waals surface area contributed by atoms with Crippen molar-refractivity contribution in [2.24, 2.45) is 0 Å². The normalized spacial score (nSPS) is 12.9. The number of nitrogens with zero attached hydrogens (tertiary/aromatic N) is 3. The molecule has 0 saturated carbocycles. The van der Waals surface area contributed by atoms with Gasteiger partial charge >= 0.3 is 0 Å². The number of thiophene rings is 1. The third kappa shape index (κ3) is 2.80. The van der Waals surface area contributed by atoms with Crippen LogP contribution in [-0.4, -0.2) is 14.5 Å². The molecular weight excluding hydrogens is 325 g/mol. The lowest BCUT2D eigenvalue weighted by Crippen LogP contribution is -2.12. The van der Waals surface area contributed by atoms with Crippen molar-refractivity contribution in [2.75, 3.05) is 0 Å². The van der Waals surface area contributed by atoms with Crippen molar-refractivity contribution >= 4 is 45.7 Å². The van der Waals surface area contributed by atoms with Crippen LogP contribution in [-0.2, 0) is 5.88 Å². The Morgan fingerprint density at radius 2 is 2.29 bits per heavy atom. The molecule has 0 aromatic carbocycles. The summed E-state index contributed by atoms with van der Waals surface area (Å²) in [5.41, 5.74) is 1.65. The second-order valence-electron chi connectivity index (χ2n) is 4.85. The highest BCUT2D eigenvalue weighted by molar-refractivity contribution is 7.10. The Balaban J connectivity index is 2.20. The third-order valence-electron chi connectivity index (χ3n) is 3.43. The van der Waals surface area contributed by atoms with Gasteiger partial charge in [-0.2, -0.15) is 0 Å². The third-order valence-corrected chi connectivity index (χ3v) is 4.85. The van der Waals surface area contributed by atoms with Crippen molar-refractivity contribution in [2.45, 2.75) is 31.7 Å².